The van der Waals surface area contributed by atoms with Crippen LogP contribution in [0.4, 0.5) is 0 Å². The number of carboxylic acids is 2. The first-order valence-electron chi connectivity index (χ1n) is 7.52. The van der Waals surface area contributed by atoms with Gasteiger partial charge in [-0.15, -0.1) is 0 Å². The van der Waals surface area contributed by atoms with Crippen LogP contribution in [0.3, 0.4) is 0 Å². The van der Waals surface area contributed by atoms with Crippen LogP contribution in [0.1, 0.15) is 30.1 Å². The monoisotopic (exact) mass is 356 g/mol. The third-order valence-corrected chi connectivity index (χ3v) is 3.69. The Balaban J connectivity index is 0.000000441. The van der Waals surface area contributed by atoms with E-state index in [1.807, 2.05) is 30.3 Å². The molecule has 0 saturated carbocycles. The van der Waals surface area contributed by atoms with E-state index in [1.54, 1.807) is 6.92 Å². The largest absolute Gasteiger partial charge is 0.481 e. The Morgan fingerprint density at radius 1 is 1.21 bits per heavy atom. The summed E-state index contributed by atoms with van der Waals surface area (Å²) in [5.74, 6) is -1.29. The van der Waals surface area contributed by atoms with Gasteiger partial charge in [0.2, 0.25) is 5.12 Å². The van der Waals surface area contributed by atoms with Crippen LogP contribution >= 0.6 is 11.8 Å². The smallest absolute Gasteiger partial charge is 0.320 e. The average Bonchev–Trinajstić information content (AvgIpc) is 2.57. The Kier molecular flexibility index (Phi) is 12.5. The first-order chi connectivity index (χ1) is 11.4. The lowest BCUT2D eigenvalue weighted by Gasteiger charge is -2.10. The highest BCUT2D eigenvalue weighted by Gasteiger charge is 2.16. The molecule has 0 saturated heterocycles. The minimum Gasteiger partial charge on any atom is -0.481 e. The van der Waals surface area contributed by atoms with Gasteiger partial charge in [0.1, 0.15) is 6.04 Å². The number of rotatable bonds is 9. The van der Waals surface area contributed by atoms with Crippen LogP contribution in [0.25, 0.3) is 0 Å². The summed E-state index contributed by atoms with van der Waals surface area (Å²) < 4.78 is 0. The highest BCUT2D eigenvalue weighted by Crippen LogP contribution is 2.10. The molecular formula is C16H24N2O5S. The van der Waals surface area contributed by atoms with Crippen molar-refractivity contribution in [1.82, 2.24) is 5.32 Å². The number of hydrogen-bond acceptors (Lipinski definition) is 6. The van der Waals surface area contributed by atoms with Crippen molar-refractivity contribution in [2.75, 3.05) is 18.8 Å². The number of aliphatic carboxylic acids is 2. The van der Waals surface area contributed by atoms with Gasteiger partial charge < -0.3 is 21.3 Å². The van der Waals surface area contributed by atoms with Crippen LogP contribution < -0.4 is 11.1 Å². The normalized spacial score (nSPS) is 11.1. The molecule has 1 rings (SSSR count). The Morgan fingerprint density at radius 3 is 2.29 bits per heavy atom. The van der Waals surface area contributed by atoms with E-state index in [1.165, 1.54) is 11.8 Å². The van der Waals surface area contributed by atoms with Crippen LogP contribution in [0.15, 0.2) is 30.3 Å². The molecule has 1 aromatic carbocycles. The van der Waals surface area contributed by atoms with E-state index >= 15 is 0 Å². The fourth-order valence-electron chi connectivity index (χ4n) is 1.64. The lowest BCUT2D eigenvalue weighted by Crippen LogP contribution is -2.36. The third kappa shape index (κ3) is 10.8. The summed E-state index contributed by atoms with van der Waals surface area (Å²) in [4.78, 5) is 31.9. The van der Waals surface area contributed by atoms with Gasteiger partial charge in [0, 0.05) is 24.3 Å². The van der Waals surface area contributed by atoms with Gasteiger partial charge in [-0.2, -0.15) is 0 Å². The molecule has 0 aromatic heterocycles. The van der Waals surface area contributed by atoms with Gasteiger partial charge in [0.05, 0.1) is 0 Å². The summed E-state index contributed by atoms with van der Waals surface area (Å²) in [5.41, 5.74) is 6.03. The molecule has 0 fully saturated rings. The number of thioether (sulfide) groups is 1. The minimum absolute atomic E-state index is 0.0982. The Morgan fingerprint density at radius 2 is 1.83 bits per heavy atom. The van der Waals surface area contributed by atoms with Crippen molar-refractivity contribution >= 4 is 28.8 Å². The fraction of sp³-hybridized carbons (Fsp3) is 0.438. The quantitative estimate of drug-likeness (QED) is 0.523. The molecule has 0 aliphatic heterocycles. The molecule has 0 radical (unpaired) electrons. The first-order valence-corrected chi connectivity index (χ1v) is 8.51. The molecule has 0 heterocycles. The van der Waals surface area contributed by atoms with Gasteiger partial charge in [-0.1, -0.05) is 49.0 Å². The summed E-state index contributed by atoms with van der Waals surface area (Å²) in [5, 5.41) is 19.6. The number of carbonyl (C=O) groups is 3. The Hall–Kier alpha value is -1.90. The van der Waals surface area contributed by atoms with E-state index in [-0.39, 0.29) is 18.0 Å². The van der Waals surface area contributed by atoms with Crippen LogP contribution in [-0.4, -0.2) is 52.2 Å². The SMILES string of the molecule is CCN[C@@H](CCC(=O)O)C(=O)O.NCCSC(=O)c1ccccc1. The number of nitrogens with two attached hydrogens (primary N) is 1. The molecular weight excluding hydrogens is 332 g/mol. The highest BCUT2D eigenvalue weighted by molar-refractivity contribution is 8.14. The second kappa shape index (κ2) is 13.5. The second-order valence-electron chi connectivity index (χ2n) is 4.67. The van der Waals surface area contributed by atoms with Gasteiger partial charge in [-0.25, -0.2) is 0 Å². The summed E-state index contributed by atoms with van der Waals surface area (Å²) in [6.07, 6.45) is 0.00245. The summed E-state index contributed by atoms with van der Waals surface area (Å²) in [6.45, 7) is 2.84. The van der Waals surface area contributed by atoms with E-state index in [9.17, 15) is 14.4 Å². The molecule has 134 valence electrons. The summed E-state index contributed by atoms with van der Waals surface area (Å²) in [6, 6.07) is 8.49. The van der Waals surface area contributed by atoms with E-state index in [0.717, 1.165) is 5.56 Å². The van der Waals surface area contributed by atoms with E-state index in [0.29, 0.717) is 18.8 Å². The molecule has 7 nitrogen and oxygen atoms in total. The van der Waals surface area contributed by atoms with Crippen LogP contribution in [-0.2, 0) is 9.59 Å². The fourth-order valence-corrected chi connectivity index (χ4v) is 2.24. The number of nitrogens with one attached hydrogen (secondary N) is 1. The summed E-state index contributed by atoms with van der Waals surface area (Å²) in [7, 11) is 0. The van der Waals surface area contributed by atoms with Crippen LogP contribution in [0.5, 0.6) is 0 Å². The number of carbonyl (C=O) groups excluding carboxylic acids is 1. The zero-order valence-electron chi connectivity index (χ0n) is 13.6. The molecule has 8 heteroatoms. The molecule has 0 aliphatic rings. The van der Waals surface area contributed by atoms with Gasteiger partial charge >= 0.3 is 11.9 Å². The van der Waals surface area contributed by atoms with E-state index in [4.69, 9.17) is 15.9 Å². The molecule has 0 aliphatic carbocycles. The van der Waals surface area contributed by atoms with Gasteiger partial charge in [-0.3, -0.25) is 14.4 Å². The van der Waals surface area contributed by atoms with Crippen molar-refractivity contribution in [3.8, 4) is 0 Å². The van der Waals surface area contributed by atoms with Gasteiger partial charge in [0.25, 0.3) is 0 Å². The van der Waals surface area contributed by atoms with Gasteiger partial charge in [0.15, 0.2) is 0 Å². The molecule has 0 unspecified atom stereocenters. The number of likely N-dealkylation sites (N-methyl/N-ethyl adjacent to an activating group) is 1. The number of hydrogen-bond donors (Lipinski definition) is 4. The molecule has 1 aromatic rings. The number of carboxylic acid groups (broad SMARTS) is 2. The first kappa shape index (κ1) is 22.1. The molecule has 1 atom stereocenters. The van der Waals surface area contributed by atoms with Crippen molar-refractivity contribution in [2.24, 2.45) is 5.73 Å². The van der Waals surface area contributed by atoms with E-state index < -0.39 is 18.0 Å². The Bertz CT molecular complexity index is 510. The standard InChI is InChI=1S/C9H11NOS.C7H13NO4/c10-6-7-12-9(11)8-4-2-1-3-5-8;1-2-8-5(7(11)12)3-4-6(9)10/h1-5H,6-7,10H2;5,8H,2-4H2,1H3,(H,9,10)(H,11,12)/t;5-/m.0/s1. The van der Waals surface area contributed by atoms with Crippen molar-refractivity contribution in [1.29, 1.82) is 0 Å². The maximum Gasteiger partial charge on any atom is 0.320 e. The average molecular weight is 356 g/mol. The molecule has 24 heavy (non-hydrogen) atoms. The molecule has 5 N–H and O–H groups in total. The lowest BCUT2D eigenvalue weighted by molar-refractivity contribution is -0.140. The molecule has 0 amide bonds. The predicted octanol–water partition coefficient (Wildman–Crippen LogP) is 1.43. The lowest BCUT2D eigenvalue weighted by atomic mass is 10.1. The number of benzene rings is 1. The van der Waals surface area contributed by atoms with Crippen LogP contribution in [0.2, 0.25) is 0 Å². The molecule has 0 bridgehead atoms. The highest BCUT2D eigenvalue weighted by atomic mass is 32.2. The van der Waals surface area contributed by atoms with Gasteiger partial charge in [-0.05, 0) is 13.0 Å². The zero-order chi connectivity index (χ0) is 18.4. The zero-order valence-corrected chi connectivity index (χ0v) is 14.4. The van der Waals surface area contributed by atoms with Crippen molar-refractivity contribution in [3.05, 3.63) is 35.9 Å². The topological polar surface area (TPSA) is 130 Å². The minimum atomic E-state index is -1.00. The Labute approximate surface area is 145 Å². The van der Waals surface area contributed by atoms with Crippen molar-refractivity contribution in [3.63, 3.8) is 0 Å². The second-order valence-corrected chi connectivity index (χ2v) is 5.74. The summed E-state index contributed by atoms with van der Waals surface area (Å²) >= 11 is 1.27. The maximum absolute atomic E-state index is 11.3. The van der Waals surface area contributed by atoms with Crippen molar-refractivity contribution in [2.45, 2.75) is 25.8 Å². The van der Waals surface area contributed by atoms with Crippen molar-refractivity contribution < 1.29 is 24.6 Å². The maximum atomic E-state index is 11.3. The molecule has 0 spiro atoms. The predicted molar refractivity (Wildman–Crippen MR) is 94.3 cm³/mol. The van der Waals surface area contributed by atoms with Crippen LogP contribution in [0, 0.1) is 0 Å². The third-order valence-electron chi connectivity index (χ3n) is 2.76. The van der Waals surface area contributed by atoms with E-state index in [2.05, 4.69) is 5.32 Å².